The average Bonchev–Trinajstić information content (AvgIpc) is 2.79. The minimum absolute atomic E-state index is 0.0393. The normalized spacial score (nSPS) is 32.5. The number of rotatable bonds is 4. The van der Waals surface area contributed by atoms with Gasteiger partial charge in [0.15, 0.2) is 0 Å². The van der Waals surface area contributed by atoms with E-state index in [1.807, 2.05) is 6.07 Å². The minimum atomic E-state index is -3.01. The molecule has 1 aliphatic rings. The van der Waals surface area contributed by atoms with Crippen LogP contribution in [0.2, 0.25) is 0 Å². The van der Waals surface area contributed by atoms with E-state index in [4.69, 9.17) is 10.4 Å². The number of nitriles is 1. The van der Waals surface area contributed by atoms with Gasteiger partial charge in [-0.1, -0.05) is 6.92 Å². The molecule has 2 atom stereocenters. The maximum atomic E-state index is 11.2. The second kappa shape index (κ2) is 3.28. The van der Waals surface area contributed by atoms with Crippen molar-refractivity contribution in [3.8, 4) is 6.07 Å². The average molecular weight is 203 g/mol. The molecule has 0 heterocycles. The molecule has 4 nitrogen and oxygen atoms in total. The molecule has 0 spiro atoms. The van der Waals surface area contributed by atoms with Crippen LogP contribution in [0.4, 0.5) is 0 Å². The predicted octanol–water partition coefficient (Wildman–Crippen LogP) is -0.0567. The van der Waals surface area contributed by atoms with E-state index in [9.17, 15) is 8.42 Å². The Kier molecular flexibility index (Phi) is 2.64. The first-order valence-electron chi connectivity index (χ1n) is 4.22. The maximum absolute atomic E-state index is 11.2. The molecule has 0 aliphatic heterocycles. The Morgan fingerprint density at radius 2 is 2.31 bits per heavy atom. The van der Waals surface area contributed by atoms with Gasteiger partial charge in [0.25, 0.3) is 0 Å². The van der Waals surface area contributed by atoms with Gasteiger partial charge in [0.1, 0.15) is 9.84 Å². The molecule has 0 radical (unpaired) electrons. The lowest BCUT2D eigenvalue weighted by molar-refractivity contribution is 0.237. The Balaban J connectivity index is 2.59. The molecule has 5 heteroatoms. The van der Waals surface area contributed by atoms with Gasteiger partial charge in [-0.05, 0) is 12.3 Å². The molecule has 74 valence electrons. The molecule has 1 N–H and O–H groups in total. The first-order chi connectivity index (χ1) is 5.99. The van der Waals surface area contributed by atoms with Crippen LogP contribution in [-0.4, -0.2) is 31.6 Å². The van der Waals surface area contributed by atoms with E-state index in [0.717, 1.165) is 0 Å². The lowest BCUT2D eigenvalue weighted by Crippen LogP contribution is -2.16. The van der Waals surface area contributed by atoms with E-state index in [0.29, 0.717) is 6.42 Å². The fourth-order valence-corrected chi connectivity index (χ4v) is 2.68. The summed E-state index contributed by atoms with van der Waals surface area (Å²) in [6.07, 6.45) is 0.513. The first-order valence-corrected chi connectivity index (χ1v) is 6.04. The lowest BCUT2D eigenvalue weighted by atomic mass is 10.1. The molecule has 13 heavy (non-hydrogen) atoms. The van der Waals surface area contributed by atoms with Crippen LogP contribution in [0, 0.1) is 22.7 Å². The quantitative estimate of drug-likeness (QED) is 0.694. The Hall–Kier alpha value is -0.600. The minimum Gasteiger partial charge on any atom is -0.395 e. The smallest absolute Gasteiger partial charge is 0.150 e. The van der Waals surface area contributed by atoms with Crippen molar-refractivity contribution in [2.75, 3.05) is 18.1 Å². The van der Waals surface area contributed by atoms with Crippen molar-refractivity contribution in [2.24, 2.45) is 11.3 Å². The van der Waals surface area contributed by atoms with Gasteiger partial charge in [0.2, 0.25) is 0 Å². The number of hydrogen-bond donors (Lipinski definition) is 1. The van der Waals surface area contributed by atoms with Gasteiger partial charge in [-0.15, -0.1) is 0 Å². The van der Waals surface area contributed by atoms with Crippen LogP contribution in [-0.2, 0) is 9.84 Å². The maximum Gasteiger partial charge on any atom is 0.150 e. The van der Waals surface area contributed by atoms with Gasteiger partial charge in [-0.2, -0.15) is 5.26 Å². The fourth-order valence-electron chi connectivity index (χ4n) is 1.39. The van der Waals surface area contributed by atoms with E-state index in [1.165, 1.54) is 0 Å². The summed E-state index contributed by atoms with van der Waals surface area (Å²) in [5.41, 5.74) is -0.762. The van der Waals surface area contributed by atoms with Crippen LogP contribution >= 0.6 is 0 Å². The van der Waals surface area contributed by atoms with E-state index in [1.54, 1.807) is 6.92 Å². The Bertz CT molecular complexity index is 330. The topological polar surface area (TPSA) is 78.2 Å². The van der Waals surface area contributed by atoms with Crippen molar-refractivity contribution in [1.29, 1.82) is 5.26 Å². The molecular formula is C8H13NO3S. The SMILES string of the molecule is CCS(=O)(=O)C[C@@H]1C[C@@]1(C#N)CO. The van der Waals surface area contributed by atoms with E-state index >= 15 is 0 Å². The van der Waals surface area contributed by atoms with Crippen molar-refractivity contribution < 1.29 is 13.5 Å². The van der Waals surface area contributed by atoms with Crippen molar-refractivity contribution in [1.82, 2.24) is 0 Å². The summed E-state index contributed by atoms with van der Waals surface area (Å²) in [5, 5.41) is 17.6. The summed E-state index contributed by atoms with van der Waals surface area (Å²) >= 11 is 0. The second-order valence-corrected chi connectivity index (χ2v) is 5.92. The number of aliphatic hydroxyl groups is 1. The summed E-state index contributed by atoms with van der Waals surface area (Å²) in [5.74, 6) is -0.0129. The number of sulfone groups is 1. The van der Waals surface area contributed by atoms with Gasteiger partial charge >= 0.3 is 0 Å². The predicted molar refractivity (Wildman–Crippen MR) is 47.6 cm³/mol. The highest BCUT2D eigenvalue weighted by Crippen LogP contribution is 2.52. The number of hydrogen-bond acceptors (Lipinski definition) is 4. The van der Waals surface area contributed by atoms with Crippen LogP contribution in [0.25, 0.3) is 0 Å². The zero-order valence-corrected chi connectivity index (χ0v) is 8.34. The van der Waals surface area contributed by atoms with E-state index in [-0.39, 0.29) is 24.0 Å². The van der Waals surface area contributed by atoms with E-state index in [2.05, 4.69) is 0 Å². The summed E-state index contributed by atoms with van der Waals surface area (Å²) in [7, 11) is -3.01. The summed E-state index contributed by atoms with van der Waals surface area (Å²) < 4.78 is 22.4. The van der Waals surface area contributed by atoms with E-state index < -0.39 is 15.3 Å². The largest absolute Gasteiger partial charge is 0.395 e. The van der Waals surface area contributed by atoms with Crippen LogP contribution in [0.5, 0.6) is 0 Å². The summed E-state index contributed by atoms with van der Waals surface area (Å²) in [6.45, 7) is 1.36. The van der Waals surface area contributed by atoms with Crippen LogP contribution < -0.4 is 0 Å². The fraction of sp³-hybridized carbons (Fsp3) is 0.875. The van der Waals surface area contributed by atoms with Crippen molar-refractivity contribution in [2.45, 2.75) is 13.3 Å². The molecular weight excluding hydrogens is 190 g/mol. The first kappa shape index (κ1) is 10.5. The molecule has 0 amide bonds. The molecule has 0 aromatic carbocycles. The van der Waals surface area contributed by atoms with Crippen LogP contribution in [0.1, 0.15) is 13.3 Å². The van der Waals surface area contributed by atoms with Gasteiger partial charge < -0.3 is 5.11 Å². The second-order valence-electron chi connectivity index (χ2n) is 3.53. The molecule has 0 unspecified atom stereocenters. The van der Waals surface area contributed by atoms with Crippen molar-refractivity contribution >= 4 is 9.84 Å². The Morgan fingerprint density at radius 1 is 1.69 bits per heavy atom. The number of nitrogens with zero attached hydrogens (tertiary/aromatic N) is 1. The lowest BCUT2D eigenvalue weighted by Gasteiger charge is -2.03. The molecule has 1 rings (SSSR count). The molecule has 0 aromatic heterocycles. The van der Waals surface area contributed by atoms with Crippen LogP contribution in [0.15, 0.2) is 0 Å². The Labute approximate surface area is 78.1 Å². The Morgan fingerprint density at radius 3 is 2.62 bits per heavy atom. The highest BCUT2D eigenvalue weighted by molar-refractivity contribution is 7.91. The summed E-state index contributed by atoms with van der Waals surface area (Å²) in [6, 6.07) is 1.98. The highest BCUT2D eigenvalue weighted by atomic mass is 32.2. The third kappa shape index (κ3) is 2.01. The zero-order valence-electron chi connectivity index (χ0n) is 7.52. The van der Waals surface area contributed by atoms with Gasteiger partial charge in [-0.25, -0.2) is 8.42 Å². The van der Waals surface area contributed by atoms with Crippen molar-refractivity contribution in [3.63, 3.8) is 0 Å². The molecule has 1 aliphatic carbocycles. The third-order valence-electron chi connectivity index (χ3n) is 2.63. The molecule has 0 aromatic rings. The highest BCUT2D eigenvalue weighted by Gasteiger charge is 2.55. The van der Waals surface area contributed by atoms with Crippen LogP contribution in [0.3, 0.4) is 0 Å². The van der Waals surface area contributed by atoms with Crippen molar-refractivity contribution in [3.05, 3.63) is 0 Å². The standard InChI is InChI=1S/C8H13NO3S/c1-2-13(11,12)4-7-3-8(7,5-9)6-10/h7,10H,2-4,6H2,1H3/t7-,8+/m0/s1. The third-order valence-corrected chi connectivity index (χ3v) is 4.42. The van der Waals surface area contributed by atoms with Gasteiger partial charge in [-0.3, -0.25) is 0 Å². The molecule has 0 saturated heterocycles. The molecule has 1 fully saturated rings. The molecule has 0 bridgehead atoms. The zero-order chi connectivity index (χ0) is 10.1. The van der Waals surface area contributed by atoms with Gasteiger partial charge in [0.05, 0.1) is 23.8 Å². The summed E-state index contributed by atoms with van der Waals surface area (Å²) in [4.78, 5) is 0. The number of aliphatic hydroxyl groups excluding tert-OH is 1. The van der Waals surface area contributed by atoms with Gasteiger partial charge in [0, 0.05) is 5.75 Å². The monoisotopic (exact) mass is 203 g/mol. The molecule has 1 saturated carbocycles.